The summed E-state index contributed by atoms with van der Waals surface area (Å²) in [5, 5.41) is 3.01. The molecular weight excluding hydrogens is 350 g/mol. The molecule has 1 aromatic rings. The van der Waals surface area contributed by atoms with Gasteiger partial charge in [-0.1, -0.05) is 32.6 Å². The number of hydrogen-bond donors (Lipinski definition) is 1. The molecule has 1 aromatic heterocycles. The van der Waals surface area contributed by atoms with Crippen molar-refractivity contribution in [2.24, 2.45) is 0 Å². The van der Waals surface area contributed by atoms with Crippen molar-refractivity contribution in [1.29, 1.82) is 0 Å². The molecule has 0 atom stereocenters. The van der Waals surface area contributed by atoms with Gasteiger partial charge in [-0.3, -0.25) is 9.59 Å². The maximum atomic E-state index is 13.1. The molecule has 0 bridgehead atoms. The van der Waals surface area contributed by atoms with Gasteiger partial charge in [0.15, 0.2) is 0 Å². The zero-order valence-corrected chi connectivity index (χ0v) is 17.6. The molecule has 0 radical (unpaired) electrons. The Morgan fingerprint density at radius 1 is 1.00 bits per heavy atom. The van der Waals surface area contributed by atoms with Crippen LogP contribution in [-0.4, -0.2) is 41.6 Å². The Hall–Kier alpha value is -1.62. The van der Waals surface area contributed by atoms with Crippen molar-refractivity contribution in [2.45, 2.75) is 84.1 Å². The van der Waals surface area contributed by atoms with Gasteiger partial charge in [-0.05, 0) is 69.7 Å². The van der Waals surface area contributed by atoms with E-state index < -0.39 is 0 Å². The Balaban J connectivity index is 1.75. The third-order valence-corrected chi connectivity index (χ3v) is 6.24. The summed E-state index contributed by atoms with van der Waals surface area (Å²) in [4.78, 5) is 28.4. The van der Waals surface area contributed by atoms with E-state index in [1.165, 1.54) is 43.4 Å². The summed E-state index contributed by atoms with van der Waals surface area (Å²) in [5.41, 5.74) is 2.65. The van der Waals surface area contributed by atoms with Crippen LogP contribution in [0.25, 0.3) is 0 Å². The Morgan fingerprint density at radius 3 is 2.46 bits per heavy atom. The van der Waals surface area contributed by atoms with Crippen LogP contribution in [0.15, 0.2) is 10.9 Å². The van der Waals surface area contributed by atoms with Crippen molar-refractivity contribution >= 4 is 5.91 Å². The van der Waals surface area contributed by atoms with Crippen LogP contribution in [0.4, 0.5) is 0 Å². The number of carbonyl (C=O) groups excluding carboxylic acids is 1. The lowest BCUT2D eigenvalue weighted by molar-refractivity contribution is 0.0944. The standard InChI is InChI=1S/C23H37N3O2/c1-2-3-16-26-21-12-8-5-4-7-11-19(21)18-20(23(26)28)22(27)24-13-17-25-14-9-6-10-15-25/h18H,2-17H2,1H3,(H,24,27). The van der Waals surface area contributed by atoms with Crippen LogP contribution in [0, 0.1) is 0 Å². The maximum absolute atomic E-state index is 13.1. The maximum Gasteiger partial charge on any atom is 0.263 e. The Labute approximate surface area is 169 Å². The van der Waals surface area contributed by atoms with Gasteiger partial charge in [0.1, 0.15) is 5.56 Å². The third-order valence-electron chi connectivity index (χ3n) is 6.24. The summed E-state index contributed by atoms with van der Waals surface area (Å²) >= 11 is 0. The third kappa shape index (κ3) is 5.47. The van der Waals surface area contributed by atoms with Gasteiger partial charge in [0, 0.05) is 25.3 Å². The molecule has 3 rings (SSSR count). The quantitative estimate of drug-likeness (QED) is 0.779. The van der Waals surface area contributed by atoms with Crippen molar-refractivity contribution in [3.63, 3.8) is 0 Å². The first-order chi connectivity index (χ1) is 13.7. The molecule has 1 fully saturated rings. The molecule has 1 saturated heterocycles. The van der Waals surface area contributed by atoms with Crippen LogP contribution in [0.3, 0.4) is 0 Å². The van der Waals surface area contributed by atoms with Gasteiger partial charge < -0.3 is 14.8 Å². The fraction of sp³-hybridized carbons (Fsp3) is 0.739. The number of likely N-dealkylation sites (tertiary alicyclic amines) is 1. The zero-order chi connectivity index (χ0) is 19.8. The number of pyridine rings is 1. The Bertz CT molecular complexity index is 705. The number of amides is 1. The highest BCUT2D eigenvalue weighted by Crippen LogP contribution is 2.20. The Morgan fingerprint density at radius 2 is 1.71 bits per heavy atom. The van der Waals surface area contributed by atoms with E-state index in [1.54, 1.807) is 0 Å². The van der Waals surface area contributed by atoms with Crippen molar-refractivity contribution in [3.05, 3.63) is 33.2 Å². The van der Waals surface area contributed by atoms with Crippen LogP contribution in [0.1, 0.15) is 86.3 Å². The summed E-state index contributed by atoms with van der Waals surface area (Å²) in [6.07, 6.45) is 12.6. The molecule has 1 N–H and O–H groups in total. The number of nitrogens with zero attached hydrogens (tertiary/aromatic N) is 2. The van der Waals surface area contributed by atoms with Crippen LogP contribution in [0.2, 0.25) is 0 Å². The van der Waals surface area contributed by atoms with Crippen molar-refractivity contribution in [3.8, 4) is 0 Å². The normalized spacial score (nSPS) is 18.2. The van der Waals surface area contributed by atoms with E-state index in [0.29, 0.717) is 12.1 Å². The average Bonchev–Trinajstić information content (AvgIpc) is 2.69. The van der Waals surface area contributed by atoms with Gasteiger partial charge in [0.2, 0.25) is 0 Å². The molecule has 1 amide bonds. The number of piperidine rings is 1. The van der Waals surface area contributed by atoms with E-state index >= 15 is 0 Å². The highest BCUT2D eigenvalue weighted by molar-refractivity contribution is 5.94. The van der Waals surface area contributed by atoms with Crippen molar-refractivity contribution < 1.29 is 4.79 Å². The number of hydrogen-bond acceptors (Lipinski definition) is 3. The van der Waals surface area contributed by atoms with E-state index in [9.17, 15) is 9.59 Å². The zero-order valence-electron chi connectivity index (χ0n) is 17.6. The lowest BCUT2D eigenvalue weighted by Gasteiger charge is -2.26. The van der Waals surface area contributed by atoms with Gasteiger partial charge in [0.25, 0.3) is 11.5 Å². The molecule has 1 aliphatic carbocycles. The first-order valence-electron chi connectivity index (χ1n) is 11.5. The molecule has 156 valence electrons. The molecule has 0 saturated carbocycles. The second-order valence-corrected chi connectivity index (χ2v) is 8.41. The van der Waals surface area contributed by atoms with Crippen LogP contribution < -0.4 is 10.9 Å². The van der Waals surface area contributed by atoms with Crippen LogP contribution in [0.5, 0.6) is 0 Å². The first kappa shape index (κ1) is 21.1. The monoisotopic (exact) mass is 387 g/mol. The molecule has 2 heterocycles. The number of aromatic nitrogens is 1. The highest BCUT2D eigenvalue weighted by Gasteiger charge is 2.20. The number of rotatable bonds is 7. The molecule has 0 spiro atoms. The van der Waals surface area contributed by atoms with Gasteiger partial charge >= 0.3 is 0 Å². The summed E-state index contributed by atoms with van der Waals surface area (Å²) in [6, 6.07) is 1.90. The summed E-state index contributed by atoms with van der Waals surface area (Å²) < 4.78 is 1.92. The van der Waals surface area contributed by atoms with E-state index in [4.69, 9.17) is 0 Å². The minimum absolute atomic E-state index is 0.0942. The second-order valence-electron chi connectivity index (χ2n) is 8.41. The van der Waals surface area contributed by atoms with Crippen molar-refractivity contribution in [1.82, 2.24) is 14.8 Å². The largest absolute Gasteiger partial charge is 0.351 e. The van der Waals surface area contributed by atoms with Gasteiger partial charge in [-0.15, -0.1) is 0 Å². The molecule has 1 aliphatic heterocycles. The molecular formula is C23H37N3O2. The van der Waals surface area contributed by atoms with E-state index in [-0.39, 0.29) is 11.5 Å². The van der Waals surface area contributed by atoms with Gasteiger partial charge in [-0.25, -0.2) is 0 Å². The topological polar surface area (TPSA) is 54.3 Å². The average molecular weight is 388 g/mol. The fourth-order valence-corrected chi connectivity index (χ4v) is 4.56. The molecule has 28 heavy (non-hydrogen) atoms. The number of nitrogens with one attached hydrogen (secondary N) is 1. The van der Waals surface area contributed by atoms with Gasteiger partial charge in [0.05, 0.1) is 0 Å². The summed E-state index contributed by atoms with van der Waals surface area (Å²) in [5.74, 6) is -0.197. The number of fused-ring (bicyclic) bond motifs is 1. The smallest absolute Gasteiger partial charge is 0.263 e. The minimum atomic E-state index is -0.197. The van der Waals surface area contributed by atoms with Gasteiger partial charge in [-0.2, -0.15) is 0 Å². The molecule has 5 heteroatoms. The lowest BCUT2D eigenvalue weighted by Crippen LogP contribution is -2.40. The summed E-state index contributed by atoms with van der Waals surface area (Å²) in [6.45, 7) is 6.61. The van der Waals surface area contributed by atoms with Crippen LogP contribution in [-0.2, 0) is 19.4 Å². The highest BCUT2D eigenvalue weighted by atomic mass is 16.2. The summed E-state index contributed by atoms with van der Waals surface area (Å²) in [7, 11) is 0. The second kappa shape index (κ2) is 10.8. The number of unbranched alkanes of at least 4 members (excludes halogenated alkanes) is 1. The number of aryl methyl sites for hydroxylation is 1. The van der Waals surface area contributed by atoms with Crippen LogP contribution >= 0.6 is 0 Å². The SMILES string of the molecule is CCCCn1c2c(cc(C(=O)NCCN3CCCCC3)c1=O)CCCCCC2. The molecule has 5 nitrogen and oxygen atoms in total. The van der Waals surface area contributed by atoms with Crippen molar-refractivity contribution in [2.75, 3.05) is 26.2 Å². The predicted octanol–water partition coefficient (Wildman–Crippen LogP) is 3.52. The lowest BCUT2D eigenvalue weighted by atomic mass is 9.95. The molecule has 0 unspecified atom stereocenters. The predicted molar refractivity (Wildman–Crippen MR) is 114 cm³/mol. The molecule has 2 aliphatic rings. The number of carbonyl (C=O) groups is 1. The first-order valence-corrected chi connectivity index (χ1v) is 11.5. The van der Waals surface area contributed by atoms with E-state index in [0.717, 1.165) is 64.7 Å². The minimum Gasteiger partial charge on any atom is -0.351 e. The Kier molecular flexibility index (Phi) is 8.13. The van der Waals surface area contributed by atoms with E-state index in [2.05, 4.69) is 17.1 Å². The van der Waals surface area contributed by atoms with E-state index in [1.807, 2.05) is 10.6 Å². The molecule has 0 aromatic carbocycles. The fourth-order valence-electron chi connectivity index (χ4n) is 4.56.